The molecule has 7 nitrogen and oxygen atoms in total. The molecule has 1 heterocycles. The molecule has 1 saturated heterocycles. The summed E-state index contributed by atoms with van der Waals surface area (Å²) >= 11 is 0. The SMILES string of the molecule is CC(C)(C)OC(=O)N[C@H]1CCCCN(CCC(=O)OCc2ccccc2)C1=O. The van der Waals surface area contributed by atoms with Gasteiger partial charge >= 0.3 is 12.1 Å². The molecule has 0 bridgehead atoms. The average molecular weight is 390 g/mol. The summed E-state index contributed by atoms with van der Waals surface area (Å²) in [7, 11) is 0. The molecule has 1 aliphatic rings. The molecular weight excluding hydrogens is 360 g/mol. The highest BCUT2D eigenvalue weighted by molar-refractivity contribution is 5.86. The van der Waals surface area contributed by atoms with Gasteiger partial charge in [-0.25, -0.2) is 4.79 Å². The van der Waals surface area contributed by atoms with Crippen molar-refractivity contribution in [3.63, 3.8) is 0 Å². The van der Waals surface area contributed by atoms with Crippen molar-refractivity contribution in [2.45, 2.75) is 64.7 Å². The lowest BCUT2D eigenvalue weighted by Crippen LogP contribution is -2.49. The van der Waals surface area contributed by atoms with Crippen LogP contribution in [-0.4, -0.2) is 47.6 Å². The molecule has 7 heteroatoms. The number of benzene rings is 1. The largest absolute Gasteiger partial charge is 0.461 e. The van der Waals surface area contributed by atoms with Crippen LogP contribution >= 0.6 is 0 Å². The molecule has 2 amide bonds. The van der Waals surface area contributed by atoms with Crippen molar-refractivity contribution in [1.82, 2.24) is 10.2 Å². The van der Waals surface area contributed by atoms with Crippen LogP contribution in [0.15, 0.2) is 30.3 Å². The Bertz CT molecular complexity index is 669. The number of ether oxygens (including phenoxy) is 2. The van der Waals surface area contributed by atoms with E-state index in [1.165, 1.54) is 0 Å². The van der Waals surface area contributed by atoms with Gasteiger partial charge in [0.25, 0.3) is 0 Å². The minimum atomic E-state index is -0.627. The number of amides is 2. The predicted octanol–water partition coefficient (Wildman–Crippen LogP) is 3.03. The lowest BCUT2D eigenvalue weighted by Gasteiger charge is -2.26. The molecule has 1 aromatic carbocycles. The second-order valence-corrected chi connectivity index (χ2v) is 7.92. The Morgan fingerprint density at radius 1 is 1.18 bits per heavy atom. The molecule has 1 N–H and O–H groups in total. The second kappa shape index (κ2) is 10.1. The van der Waals surface area contributed by atoms with Gasteiger partial charge in [-0.2, -0.15) is 0 Å². The van der Waals surface area contributed by atoms with Crippen LogP contribution in [0.1, 0.15) is 52.0 Å². The first-order chi connectivity index (χ1) is 13.2. The van der Waals surface area contributed by atoms with Crippen molar-refractivity contribution in [2.24, 2.45) is 0 Å². The van der Waals surface area contributed by atoms with Crippen molar-refractivity contribution in [1.29, 1.82) is 0 Å². The molecule has 154 valence electrons. The van der Waals surface area contributed by atoms with E-state index >= 15 is 0 Å². The third-order valence-electron chi connectivity index (χ3n) is 4.30. The standard InChI is InChI=1S/C21H30N2O5/c1-21(2,3)28-20(26)22-17-11-7-8-13-23(19(17)25)14-12-18(24)27-15-16-9-5-4-6-10-16/h4-6,9-10,17H,7-8,11-15H2,1-3H3,(H,22,26)/t17-/m0/s1. The first-order valence-corrected chi connectivity index (χ1v) is 9.72. The molecule has 0 saturated carbocycles. The molecule has 1 aromatic rings. The number of carbonyl (C=O) groups is 3. The van der Waals surface area contributed by atoms with Crippen LogP contribution in [0.2, 0.25) is 0 Å². The zero-order valence-corrected chi connectivity index (χ0v) is 16.9. The molecule has 1 fully saturated rings. The summed E-state index contributed by atoms with van der Waals surface area (Å²) in [5.74, 6) is -0.531. The number of rotatable bonds is 6. The predicted molar refractivity (Wildman–Crippen MR) is 104 cm³/mol. The van der Waals surface area contributed by atoms with Gasteiger partial charge in [-0.15, -0.1) is 0 Å². The minimum Gasteiger partial charge on any atom is -0.461 e. The Kier molecular flexibility index (Phi) is 7.84. The second-order valence-electron chi connectivity index (χ2n) is 7.92. The van der Waals surface area contributed by atoms with Crippen LogP contribution in [0.25, 0.3) is 0 Å². The fraction of sp³-hybridized carbons (Fsp3) is 0.571. The van der Waals surface area contributed by atoms with Crippen molar-refractivity contribution < 1.29 is 23.9 Å². The van der Waals surface area contributed by atoms with Gasteiger partial charge in [-0.05, 0) is 45.6 Å². The van der Waals surface area contributed by atoms with E-state index in [1.807, 2.05) is 30.3 Å². The normalized spacial score (nSPS) is 17.6. The van der Waals surface area contributed by atoms with Gasteiger partial charge in [0.05, 0.1) is 6.42 Å². The van der Waals surface area contributed by atoms with E-state index in [2.05, 4.69) is 5.32 Å². The van der Waals surface area contributed by atoms with Gasteiger partial charge < -0.3 is 19.7 Å². The fourth-order valence-electron chi connectivity index (χ4n) is 2.95. The number of nitrogens with one attached hydrogen (secondary N) is 1. The van der Waals surface area contributed by atoms with Crippen LogP contribution in [-0.2, 0) is 25.7 Å². The topological polar surface area (TPSA) is 84.9 Å². The van der Waals surface area contributed by atoms with E-state index in [0.717, 1.165) is 18.4 Å². The molecule has 0 radical (unpaired) electrons. The summed E-state index contributed by atoms with van der Waals surface area (Å²) in [6.45, 7) is 6.38. The average Bonchev–Trinajstić information content (AvgIpc) is 2.79. The zero-order chi connectivity index (χ0) is 20.6. The number of esters is 1. The van der Waals surface area contributed by atoms with Gasteiger partial charge in [-0.1, -0.05) is 30.3 Å². The van der Waals surface area contributed by atoms with Crippen molar-refractivity contribution in [3.05, 3.63) is 35.9 Å². The highest BCUT2D eigenvalue weighted by Gasteiger charge is 2.30. The monoisotopic (exact) mass is 390 g/mol. The Labute approximate surface area is 166 Å². The van der Waals surface area contributed by atoms with E-state index in [1.54, 1.807) is 25.7 Å². The maximum absolute atomic E-state index is 12.7. The number of carbonyl (C=O) groups excluding carboxylic acids is 3. The highest BCUT2D eigenvalue weighted by Crippen LogP contribution is 2.14. The van der Waals surface area contributed by atoms with Crippen molar-refractivity contribution in [3.8, 4) is 0 Å². The number of likely N-dealkylation sites (tertiary alicyclic amines) is 1. The quantitative estimate of drug-likeness (QED) is 0.755. The Balaban J connectivity index is 1.82. The fourth-order valence-corrected chi connectivity index (χ4v) is 2.95. The van der Waals surface area contributed by atoms with E-state index in [0.29, 0.717) is 13.0 Å². The first kappa shape index (κ1) is 21.7. The Hall–Kier alpha value is -2.57. The molecule has 1 aliphatic heterocycles. The van der Waals surface area contributed by atoms with Crippen molar-refractivity contribution >= 4 is 18.0 Å². The number of hydrogen-bond donors (Lipinski definition) is 1. The first-order valence-electron chi connectivity index (χ1n) is 9.72. The van der Waals surface area contributed by atoms with Crippen LogP contribution in [0, 0.1) is 0 Å². The number of hydrogen-bond acceptors (Lipinski definition) is 5. The maximum Gasteiger partial charge on any atom is 0.408 e. The van der Waals surface area contributed by atoms with Crippen LogP contribution in [0.5, 0.6) is 0 Å². The van der Waals surface area contributed by atoms with E-state index in [-0.39, 0.29) is 31.4 Å². The molecule has 2 rings (SSSR count). The van der Waals surface area contributed by atoms with E-state index in [4.69, 9.17) is 9.47 Å². The summed E-state index contributed by atoms with van der Waals surface area (Å²) in [6.07, 6.45) is 1.73. The molecule has 0 unspecified atom stereocenters. The number of alkyl carbamates (subject to hydrolysis) is 1. The lowest BCUT2D eigenvalue weighted by molar-refractivity contribution is -0.146. The van der Waals surface area contributed by atoms with Gasteiger partial charge in [0.2, 0.25) is 5.91 Å². The third kappa shape index (κ3) is 7.58. The van der Waals surface area contributed by atoms with Crippen LogP contribution in [0.3, 0.4) is 0 Å². The molecule has 28 heavy (non-hydrogen) atoms. The lowest BCUT2D eigenvalue weighted by atomic mass is 10.1. The third-order valence-corrected chi connectivity index (χ3v) is 4.30. The van der Waals surface area contributed by atoms with E-state index in [9.17, 15) is 14.4 Å². The molecule has 1 atom stereocenters. The smallest absolute Gasteiger partial charge is 0.408 e. The highest BCUT2D eigenvalue weighted by atomic mass is 16.6. The Morgan fingerprint density at radius 2 is 1.89 bits per heavy atom. The summed E-state index contributed by atoms with van der Waals surface area (Å²) in [5.41, 5.74) is 0.295. The minimum absolute atomic E-state index is 0.123. The van der Waals surface area contributed by atoms with Gasteiger partial charge in [0, 0.05) is 13.1 Å². The van der Waals surface area contributed by atoms with Crippen LogP contribution < -0.4 is 5.32 Å². The zero-order valence-electron chi connectivity index (χ0n) is 16.9. The summed E-state index contributed by atoms with van der Waals surface area (Å²) in [5, 5.41) is 2.66. The van der Waals surface area contributed by atoms with E-state index < -0.39 is 17.7 Å². The summed E-state index contributed by atoms with van der Waals surface area (Å²) in [6, 6.07) is 8.82. The molecular formula is C21H30N2O5. The van der Waals surface area contributed by atoms with Crippen molar-refractivity contribution in [2.75, 3.05) is 13.1 Å². The van der Waals surface area contributed by atoms with Gasteiger partial charge in [-0.3, -0.25) is 9.59 Å². The molecule has 0 aromatic heterocycles. The number of nitrogens with zero attached hydrogens (tertiary/aromatic N) is 1. The summed E-state index contributed by atoms with van der Waals surface area (Å²) < 4.78 is 10.5. The summed E-state index contributed by atoms with van der Waals surface area (Å²) in [4.78, 5) is 38.4. The van der Waals surface area contributed by atoms with Gasteiger partial charge in [0.1, 0.15) is 18.2 Å². The van der Waals surface area contributed by atoms with Gasteiger partial charge in [0.15, 0.2) is 0 Å². The Morgan fingerprint density at radius 3 is 2.57 bits per heavy atom. The molecule has 0 aliphatic carbocycles. The van der Waals surface area contributed by atoms with Crippen LogP contribution in [0.4, 0.5) is 4.79 Å². The maximum atomic E-state index is 12.7. The molecule has 0 spiro atoms.